The molecule has 6 heteroatoms. The molecule has 0 radical (unpaired) electrons. The zero-order valence-corrected chi connectivity index (χ0v) is 38.3. The summed E-state index contributed by atoms with van der Waals surface area (Å²) >= 11 is 0. The van der Waals surface area contributed by atoms with E-state index in [1.807, 2.05) is 121 Å². The minimum atomic E-state index is -1.64. The van der Waals surface area contributed by atoms with Crippen LogP contribution in [0.4, 0.5) is 0 Å². The van der Waals surface area contributed by atoms with E-state index in [4.69, 9.17) is 0 Å². The fourth-order valence-electron chi connectivity index (χ4n) is 6.47. The molecular weight excluding hydrogens is 872 g/mol. The molecule has 2 nitrogen and oxygen atoms in total. The standard InChI is InChI=1S/C41H34O2P2.2C6H5.2CH3.2Ni/c42-38(40(32-19-7-1-8-20-32)44(34-23-11-3-12-24-34)35-25-13-4-14-26-35)31-39(43)41(33-21-9-2-10-22-33)45(36-27-15-5-16-28-36)37-29-17-6-18-30-37;2*1-2-4-6-5-3-1;;;;/h1-30,42-43H,31H2;2*1-5H;2*1H3;;/q;4*-1;2*+2/p+2. The van der Waals surface area contributed by atoms with Crippen molar-refractivity contribution in [3.63, 3.8) is 0 Å². The predicted molar refractivity (Wildman–Crippen MR) is 261 cm³/mol. The van der Waals surface area contributed by atoms with Crippen molar-refractivity contribution in [2.75, 3.05) is 0 Å². The van der Waals surface area contributed by atoms with Gasteiger partial charge in [0.2, 0.25) is 0 Å². The Morgan fingerprint density at radius 3 is 0.738 bits per heavy atom. The summed E-state index contributed by atoms with van der Waals surface area (Å²) in [6, 6.07) is 87.0. The summed E-state index contributed by atoms with van der Waals surface area (Å²) in [6.07, 6.45) is 0.0239. The van der Waals surface area contributed by atoms with Crippen molar-refractivity contribution >= 4 is 47.7 Å². The average molecular weight is 924 g/mol. The molecule has 0 unspecified atom stereocenters. The third-order valence-corrected chi connectivity index (χ3v) is 14.8. The molecule has 0 spiro atoms. The number of aliphatic hydroxyl groups is 2. The molecule has 0 atom stereocenters. The Morgan fingerprint density at radius 2 is 0.541 bits per heavy atom. The van der Waals surface area contributed by atoms with E-state index < -0.39 is 15.8 Å². The van der Waals surface area contributed by atoms with E-state index in [0.717, 1.165) is 21.8 Å². The van der Waals surface area contributed by atoms with Gasteiger partial charge in [-0.25, -0.2) is 0 Å². The first-order valence-electron chi connectivity index (χ1n) is 18.9. The molecule has 8 aromatic carbocycles. The topological polar surface area (TPSA) is 40.5 Å². The molecule has 0 aliphatic carbocycles. The molecule has 61 heavy (non-hydrogen) atoms. The first-order chi connectivity index (χ1) is 28.2. The van der Waals surface area contributed by atoms with Crippen LogP contribution in [-0.4, -0.2) is 10.2 Å². The molecule has 2 N–H and O–H groups in total. The SMILES string of the molecule is OC(CC(O)=C(c1ccccc1)[PH+](c1ccccc1)c1ccccc1)=C(c1ccccc1)[PH+](c1ccccc1)c1ccccc1.[CH3-].[CH3-].[Ni+2].[Ni+2].[c-]1ccccc1.[c-]1ccccc1. The zero-order chi connectivity index (χ0) is 39.3. The Bertz CT molecular complexity index is 2060. The summed E-state index contributed by atoms with van der Waals surface area (Å²) in [7, 11) is -3.29. The molecule has 8 aromatic rings. The van der Waals surface area contributed by atoms with E-state index in [-0.39, 0.29) is 65.8 Å². The molecule has 0 aliphatic rings. The third kappa shape index (κ3) is 15.6. The van der Waals surface area contributed by atoms with Gasteiger partial charge >= 0.3 is 33.0 Å². The van der Waals surface area contributed by atoms with Crippen LogP contribution in [0.15, 0.2) is 254 Å². The fourth-order valence-corrected chi connectivity index (χ4v) is 12.1. The number of rotatable bonds is 10. The van der Waals surface area contributed by atoms with Crippen LogP contribution >= 0.6 is 15.8 Å². The van der Waals surface area contributed by atoms with E-state index in [1.54, 1.807) is 0 Å². The molecule has 0 saturated heterocycles. The van der Waals surface area contributed by atoms with Gasteiger partial charge in [0.05, 0.1) is 6.42 Å². The second-order valence-electron chi connectivity index (χ2n) is 12.9. The summed E-state index contributed by atoms with van der Waals surface area (Å²) in [6.45, 7) is 0. The van der Waals surface area contributed by atoms with Crippen molar-refractivity contribution in [2.45, 2.75) is 6.42 Å². The van der Waals surface area contributed by atoms with Crippen molar-refractivity contribution in [1.29, 1.82) is 0 Å². The average Bonchev–Trinajstić information content (AvgIpc) is 3.30. The number of hydrogen-bond acceptors (Lipinski definition) is 2. The second kappa shape index (κ2) is 29.0. The zero-order valence-electron chi connectivity index (χ0n) is 34.3. The molecule has 0 bridgehead atoms. The van der Waals surface area contributed by atoms with Crippen molar-refractivity contribution in [3.8, 4) is 0 Å². The monoisotopic (exact) mass is 922 g/mol. The van der Waals surface area contributed by atoms with Gasteiger partial charge in [0.25, 0.3) is 0 Å². The number of benzene rings is 8. The summed E-state index contributed by atoms with van der Waals surface area (Å²) in [5.41, 5.74) is 1.92. The Hall–Kier alpha value is -5.31. The smallest absolute Gasteiger partial charge is 0.508 e. The van der Waals surface area contributed by atoms with Gasteiger partial charge in [0, 0.05) is 11.1 Å². The van der Waals surface area contributed by atoms with Crippen molar-refractivity contribution in [1.82, 2.24) is 0 Å². The number of hydrogen-bond donors (Lipinski definition) is 2. The van der Waals surface area contributed by atoms with E-state index in [1.165, 1.54) is 21.2 Å². The second-order valence-corrected chi connectivity index (χ2v) is 17.7. The summed E-state index contributed by atoms with van der Waals surface area (Å²) in [4.78, 5) is 0. The predicted octanol–water partition coefficient (Wildman–Crippen LogP) is 12.8. The summed E-state index contributed by atoms with van der Waals surface area (Å²) in [5, 5.41) is 31.0. The van der Waals surface area contributed by atoms with E-state index in [0.29, 0.717) is 0 Å². The summed E-state index contributed by atoms with van der Waals surface area (Å²) < 4.78 is 0. The maximum atomic E-state index is 12.3. The first-order valence-corrected chi connectivity index (χ1v) is 21.9. The maximum Gasteiger partial charge on any atom is 2.00 e. The van der Waals surface area contributed by atoms with Crippen LogP contribution in [0.5, 0.6) is 0 Å². The Balaban J connectivity index is 0.000000691. The largest absolute Gasteiger partial charge is 2.00 e. The van der Waals surface area contributed by atoms with E-state index >= 15 is 0 Å². The van der Waals surface area contributed by atoms with Crippen molar-refractivity contribution < 1.29 is 43.2 Å². The fraction of sp³-hybridized carbons (Fsp3) is 0.0182. The third-order valence-electron chi connectivity index (χ3n) is 9.00. The normalized spacial score (nSPS) is 10.8. The molecule has 0 heterocycles. The molecule has 0 aliphatic heterocycles. The van der Waals surface area contributed by atoms with Crippen LogP contribution in [0.1, 0.15) is 17.5 Å². The quantitative estimate of drug-likeness (QED) is 0.0621. The molecule has 0 aromatic heterocycles. The molecule has 8 rings (SSSR count). The van der Waals surface area contributed by atoms with Gasteiger partial charge in [-0.15, -0.1) is 0 Å². The van der Waals surface area contributed by atoms with Crippen molar-refractivity contribution in [2.24, 2.45) is 0 Å². The number of aliphatic hydroxyl groups excluding tert-OH is 2. The van der Waals surface area contributed by atoms with Gasteiger partial charge in [-0.1, -0.05) is 133 Å². The van der Waals surface area contributed by atoms with Crippen LogP contribution in [0.3, 0.4) is 0 Å². The van der Waals surface area contributed by atoms with Crippen LogP contribution in [0.25, 0.3) is 10.6 Å². The molecule has 312 valence electrons. The summed E-state index contributed by atoms with van der Waals surface area (Å²) in [5.74, 6) is 0.382. The first kappa shape index (κ1) is 51.8. The molecular formula is C55H52Ni2O2P2+2. The van der Waals surface area contributed by atoms with Crippen LogP contribution in [-0.2, 0) is 33.0 Å². The maximum absolute atomic E-state index is 12.3. The van der Waals surface area contributed by atoms with Gasteiger partial charge in [0.15, 0.2) is 0 Å². The van der Waals surface area contributed by atoms with Crippen molar-refractivity contribution in [3.05, 3.63) is 292 Å². The minimum absolute atomic E-state index is 0. The van der Waals surface area contributed by atoms with E-state index in [2.05, 4.69) is 133 Å². The molecule has 0 amide bonds. The van der Waals surface area contributed by atoms with Gasteiger partial charge in [-0.05, 0) is 48.5 Å². The van der Waals surface area contributed by atoms with Crippen LogP contribution < -0.4 is 21.2 Å². The molecule has 0 saturated carbocycles. The minimum Gasteiger partial charge on any atom is -0.508 e. The van der Waals surface area contributed by atoms with Gasteiger partial charge in [-0.2, -0.15) is 72.8 Å². The van der Waals surface area contributed by atoms with Crippen LogP contribution in [0, 0.1) is 27.0 Å². The van der Waals surface area contributed by atoms with Gasteiger partial charge in [0.1, 0.15) is 59.2 Å². The van der Waals surface area contributed by atoms with Gasteiger partial charge < -0.3 is 25.1 Å². The Labute approximate surface area is 387 Å². The Morgan fingerprint density at radius 1 is 0.328 bits per heavy atom. The van der Waals surface area contributed by atoms with E-state index in [9.17, 15) is 10.2 Å². The van der Waals surface area contributed by atoms with Gasteiger partial charge in [-0.3, -0.25) is 0 Å². The van der Waals surface area contributed by atoms with Crippen LogP contribution in [0.2, 0.25) is 0 Å². The molecule has 0 fully saturated rings. The Kier molecular flexibility index (Phi) is 24.7.